The van der Waals surface area contributed by atoms with Crippen LogP contribution in [0.5, 0.6) is 5.75 Å². The molecule has 0 aliphatic carbocycles. The number of carbonyl (C=O) groups is 2. The molecule has 4 N–H and O–H groups in total. The lowest BCUT2D eigenvalue weighted by molar-refractivity contribution is 0.0690. The highest BCUT2D eigenvalue weighted by molar-refractivity contribution is 7.89. The molecule has 0 fully saturated rings. The predicted molar refractivity (Wildman–Crippen MR) is 125 cm³/mol. The zero-order chi connectivity index (χ0) is 25.4. The summed E-state index contributed by atoms with van der Waals surface area (Å²) in [5.74, 6) is -1.29. The van der Waals surface area contributed by atoms with Gasteiger partial charge in [0.15, 0.2) is 5.69 Å². The smallest absolute Gasteiger partial charge is 0.356 e. The maximum absolute atomic E-state index is 12.9. The van der Waals surface area contributed by atoms with E-state index in [4.69, 9.17) is 15.6 Å². The summed E-state index contributed by atoms with van der Waals surface area (Å²) in [4.78, 5) is 31.9. The molecule has 13 heteroatoms. The van der Waals surface area contributed by atoms with Gasteiger partial charge in [0, 0.05) is 18.0 Å². The number of hydrogen-bond donors (Lipinski definition) is 3. The number of fused-ring (bicyclic) bond motifs is 1. The Bertz CT molecular complexity index is 1460. The number of carboxylic acids is 1. The van der Waals surface area contributed by atoms with Crippen molar-refractivity contribution in [1.82, 2.24) is 19.9 Å². The number of rotatable bonds is 7. The van der Waals surface area contributed by atoms with E-state index in [-0.39, 0.29) is 23.9 Å². The Morgan fingerprint density at radius 2 is 2.03 bits per heavy atom. The van der Waals surface area contributed by atoms with Crippen molar-refractivity contribution in [1.29, 1.82) is 0 Å². The highest BCUT2D eigenvalue weighted by atomic mass is 32.2. The number of ether oxygens (including phenoxy) is 1. The van der Waals surface area contributed by atoms with E-state index in [1.807, 2.05) is 0 Å². The van der Waals surface area contributed by atoms with Gasteiger partial charge in [-0.15, -0.1) is 4.40 Å². The molecule has 2 aromatic heterocycles. The monoisotopic (exact) mass is 498 g/mol. The van der Waals surface area contributed by atoms with Crippen LogP contribution in [0.3, 0.4) is 0 Å². The van der Waals surface area contributed by atoms with Crippen LogP contribution in [-0.4, -0.2) is 57.9 Å². The van der Waals surface area contributed by atoms with Crippen molar-refractivity contribution in [3.8, 4) is 11.6 Å². The third-order valence-corrected chi connectivity index (χ3v) is 6.21. The van der Waals surface area contributed by atoms with E-state index in [1.165, 1.54) is 35.4 Å². The first-order valence-electron chi connectivity index (χ1n) is 10.3. The van der Waals surface area contributed by atoms with Gasteiger partial charge in [0.2, 0.25) is 0 Å². The van der Waals surface area contributed by atoms with E-state index in [9.17, 15) is 18.0 Å². The van der Waals surface area contributed by atoms with Crippen molar-refractivity contribution >= 4 is 27.7 Å². The zero-order valence-electron chi connectivity index (χ0n) is 18.8. The van der Waals surface area contributed by atoms with Crippen LogP contribution in [0.4, 0.5) is 0 Å². The lowest BCUT2D eigenvalue weighted by atomic mass is 10.0. The average Bonchev–Trinajstić information content (AvgIpc) is 3.27. The molecule has 12 nitrogen and oxygen atoms in total. The van der Waals surface area contributed by atoms with Crippen LogP contribution in [-0.2, 0) is 15.8 Å². The summed E-state index contributed by atoms with van der Waals surface area (Å²) in [6.45, 7) is 3.58. The van der Waals surface area contributed by atoms with Crippen molar-refractivity contribution in [3.63, 3.8) is 0 Å². The molecule has 3 aromatic rings. The molecule has 35 heavy (non-hydrogen) atoms. The summed E-state index contributed by atoms with van der Waals surface area (Å²) >= 11 is 0. The van der Waals surface area contributed by atoms with Crippen molar-refractivity contribution in [2.75, 3.05) is 6.61 Å². The number of carboxylic acid groups (broad SMARTS) is 1. The minimum absolute atomic E-state index is 0.0522. The quantitative estimate of drug-likeness (QED) is 0.430. The third-order valence-electron chi connectivity index (χ3n) is 5.06. The number of carbonyl (C=O) groups excluding carboxylic acids is 1. The van der Waals surface area contributed by atoms with Gasteiger partial charge >= 0.3 is 5.97 Å². The largest absolute Gasteiger partial charge is 0.490 e. The fourth-order valence-electron chi connectivity index (χ4n) is 3.47. The number of nitrogens with two attached hydrogens (primary N) is 1. The molecule has 0 saturated carbocycles. The van der Waals surface area contributed by atoms with E-state index in [0.29, 0.717) is 28.3 Å². The molecule has 0 radical (unpaired) electrons. The molecule has 0 spiro atoms. The standard InChI is InChI=1S/C22H22N6O6S/c1-22(2,11-34-16-5-3-4-14-10-35(32,33)27-19(23)18(14)16)26-20(29)13-6-7-24-17(8-13)28-9-15(21(30)31)25-12-28/h3-9,12H,10-11H2,1-2H3,(H2,23,27)(H,26,29)(H,30,31). The summed E-state index contributed by atoms with van der Waals surface area (Å²) in [6, 6.07) is 8.00. The number of hydrogen-bond acceptors (Lipinski definition) is 8. The molecule has 0 bridgehead atoms. The second-order valence-corrected chi connectivity index (χ2v) is 10.1. The Morgan fingerprint density at radius 3 is 2.74 bits per heavy atom. The number of imidazole rings is 1. The first-order chi connectivity index (χ1) is 16.4. The van der Waals surface area contributed by atoms with Crippen molar-refractivity contribution in [2.24, 2.45) is 10.1 Å². The molecule has 0 saturated heterocycles. The van der Waals surface area contributed by atoms with Crippen molar-refractivity contribution < 1.29 is 27.9 Å². The molecule has 0 atom stereocenters. The third kappa shape index (κ3) is 5.30. The van der Waals surface area contributed by atoms with Crippen LogP contribution in [0.25, 0.3) is 5.82 Å². The number of aromatic carboxylic acids is 1. The summed E-state index contributed by atoms with van der Waals surface area (Å²) < 4.78 is 34.6. The maximum Gasteiger partial charge on any atom is 0.356 e. The lowest BCUT2D eigenvalue weighted by Crippen LogP contribution is -2.48. The van der Waals surface area contributed by atoms with Crippen LogP contribution in [0, 0.1) is 0 Å². The second kappa shape index (κ2) is 8.83. The number of nitrogens with zero attached hydrogens (tertiary/aromatic N) is 4. The first kappa shape index (κ1) is 23.9. The Labute approximate surface area is 200 Å². The number of nitrogens with one attached hydrogen (secondary N) is 1. The van der Waals surface area contributed by atoms with Gasteiger partial charge < -0.3 is 20.9 Å². The van der Waals surface area contributed by atoms with Crippen LogP contribution in [0.2, 0.25) is 0 Å². The minimum atomic E-state index is -3.67. The molecule has 0 unspecified atom stereocenters. The van der Waals surface area contributed by atoms with E-state index in [0.717, 1.165) is 0 Å². The number of pyridine rings is 1. The van der Waals surface area contributed by atoms with Crippen LogP contribution >= 0.6 is 0 Å². The summed E-state index contributed by atoms with van der Waals surface area (Å²) in [7, 11) is -3.67. The number of benzene rings is 1. The topological polar surface area (TPSA) is 179 Å². The summed E-state index contributed by atoms with van der Waals surface area (Å²) in [5, 5.41) is 11.9. The fraction of sp³-hybridized carbons (Fsp3) is 0.227. The Morgan fingerprint density at radius 1 is 1.26 bits per heavy atom. The lowest BCUT2D eigenvalue weighted by Gasteiger charge is -2.27. The molecule has 1 aliphatic heterocycles. The van der Waals surface area contributed by atoms with Gasteiger partial charge in [0.1, 0.15) is 30.3 Å². The molecule has 3 heterocycles. The molecular formula is C22H22N6O6S. The second-order valence-electron chi connectivity index (χ2n) is 8.49. The molecule has 1 aliphatic rings. The van der Waals surface area contributed by atoms with E-state index in [2.05, 4.69) is 19.7 Å². The Kier molecular flexibility index (Phi) is 6.03. The van der Waals surface area contributed by atoms with Gasteiger partial charge in [-0.2, -0.15) is 0 Å². The number of amides is 1. The van der Waals surface area contributed by atoms with E-state index in [1.54, 1.807) is 32.0 Å². The van der Waals surface area contributed by atoms with Crippen LogP contribution in [0.15, 0.2) is 53.5 Å². The summed E-state index contributed by atoms with van der Waals surface area (Å²) in [5.41, 5.74) is 6.11. The van der Waals surface area contributed by atoms with Gasteiger partial charge in [-0.1, -0.05) is 12.1 Å². The Balaban J connectivity index is 1.47. The SMILES string of the molecule is CC(C)(COc1cccc2c1C(N)=NS(=O)(=O)C2)NC(=O)c1ccnc(-n2cnc(C(=O)O)c2)c1. The maximum atomic E-state index is 12.9. The van der Waals surface area contributed by atoms with Gasteiger partial charge in [-0.25, -0.2) is 23.2 Å². The number of amidine groups is 1. The van der Waals surface area contributed by atoms with Crippen molar-refractivity contribution in [2.45, 2.75) is 25.1 Å². The van der Waals surface area contributed by atoms with Gasteiger partial charge in [0.05, 0.1) is 16.9 Å². The molecule has 1 amide bonds. The van der Waals surface area contributed by atoms with Gasteiger partial charge in [-0.05, 0) is 37.6 Å². The fourth-order valence-corrected chi connectivity index (χ4v) is 4.55. The molecule has 182 valence electrons. The van der Waals surface area contributed by atoms with Crippen LogP contribution in [0.1, 0.15) is 45.8 Å². The van der Waals surface area contributed by atoms with Gasteiger partial charge in [-0.3, -0.25) is 9.36 Å². The van der Waals surface area contributed by atoms with Crippen molar-refractivity contribution in [3.05, 3.63) is 71.4 Å². The highest BCUT2D eigenvalue weighted by Crippen LogP contribution is 2.28. The van der Waals surface area contributed by atoms with E-state index < -0.39 is 27.4 Å². The average molecular weight is 499 g/mol. The normalized spacial score (nSPS) is 14.5. The first-order valence-corrected chi connectivity index (χ1v) is 11.9. The number of sulfonamides is 1. The molecular weight excluding hydrogens is 476 g/mol. The minimum Gasteiger partial charge on any atom is -0.490 e. The molecule has 1 aromatic carbocycles. The zero-order valence-corrected chi connectivity index (χ0v) is 19.6. The van der Waals surface area contributed by atoms with E-state index >= 15 is 0 Å². The number of aromatic nitrogens is 3. The summed E-state index contributed by atoms with van der Waals surface area (Å²) in [6.07, 6.45) is 4.03. The van der Waals surface area contributed by atoms with Crippen LogP contribution < -0.4 is 15.8 Å². The molecule has 4 rings (SSSR count). The van der Waals surface area contributed by atoms with Gasteiger partial charge in [0.25, 0.3) is 15.9 Å². The Hall–Kier alpha value is -4.26. The highest BCUT2D eigenvalue weighted by Gasteiger charge is 2.27. The predicted octanol–water partition coefficient (Wildman–Crippen LogP) is 1.10.